The molecule has 2 amide bonds. The van der Waals surface area contributed by atoms with Crippen molar-refractivity contribution in [2.24, 2.45) is 11.7 Å². The quantitative estimate of drug-likeness (QED) is 0.455. The molecule has 0 unspecified atom stereocenters. The SMILES string of the molecule is N#CCC1(n2cc(C(N)=O)c(NC(=O)C3CC3)n2)CCN(Cc2ccc(-c3cccc(Cl)c3)cc2)CC1. The van der Waals surface area contributed by atoms with Gasteiger partial charge in [0.25, 0.3) is 5.91 Å². The van der Waals surface area contributed by atoms with Crippen LogP contribution in [0.1, 0.15) is 48.0 Å². The molecule has 2 aliphatic rings. The number of nitrogens with zero attached hydrogens (tertiary/aromatic N) is 4. The number of carbonyl (C=O) groups is 2. The van der Waals surface area contributed by atoms with Crippen molar-refractivity contribution in [3.8, 4) is 17.2 Å². The standard InChI is InChI=1S/C28H29ClN6O2/c29-23-3-1-2-22(16-23)20-6-4-19(5-7-20)17-34-14-11-28(10-13-30,12-15-34)35-18-24(25(31)36)26(33-35)32-27(37)21-8-9-21/h1-7,16,18,21H,8-12,14-15,17H2,(H2,31,36)(H,32,33,37). The molecule has 0 atom stereocenters. The summed E-state index contributed by atoms with van der Waals surface area (Å²) in [6, 6.07) is 18.6. The zero-order chi connectivity index (χ0) is 26.0. The number of hydrogen-bond acceptors (Lipinski definition) is 5. The summed E-state index contributed by atoms with van der Waals surface area (Å²) in [5.74, 6) is -0.632. The molecular weight excluding hydrogens is 488 g/mol. The molecule has 37 heavy (non-hydrogen) atoms. The van der Waals surface area contributed by atoms with Gasteiger partial charge in [-0.25, -0.2) is 0 Å². The lowest BCUT2D eigenvalue weighted by molar-refractivity contribution is -0.117. The smallest absolute Gasteiger partial charge is 0.254 e. The summed E-state index contributed by atoms with van der Waals surface area (Å²) in [5, 5.41) is 17.7. The van der Waals surface area contributed by atoms with Gasteiger partial charge in [-0.3, -0.25) is 19.2 Å². The fourth-order valence-corrected chi connectivity index (χ4v) is 5.13. The molecule has 1 aliphatic carbocycles. The highest BCUT2D eigenvalue weighted by atomic mass is 35.5. The van der Waals surface area contributed by atoms with E-state index >= 15 is 0 Å². The van der Waals surface area contributed by atoms with E-state index < -0.39 is 11.4 Å². The van der Waals surface area contributed by atoms with Crippen LogP contribution < -0.4 is 11.1 Å². The summed E-state index contributed by atoms with van der Waals surface area (Å²) >= 11 is 6.13. The summed E-state index contributed by atoms with van der Waals surface area (Å²) in [4.78, 5) is 26.7. The van der Waals surface area contributed by atoms with E-state index in [1.54, 1.807) is 10.9 Å². The fraction of sp³-hybridized carbons (Fsp3) is 0.357. The first-order valence-electron chi connectivity index (χ1n) is 12.5. The fourth-order valence-electron chi connectivity index (χ4n) is 4.94. The second kappa shape index (κ2) is 10.4. The van der Waals surface area contributed by atoms with E-state index in [2.05, 4.69) is 45.7 Å². The van der Waals surface area contributed by atoms with Crippen molar-refractivity contribution in [1.29, 1.82) is 5.26 Å². The predicted octanol–water partition coefficient (Wildman–Crippen LogP) is 4.56. The lowest BCUT2D eigenvalue weighted by atomic mass is 9.84. The second-order valence-electron chi connectivity index (χ2n) is 10.0. The lowest BCUT2D eigenvalue weighted by Gasteiger charge is -2.40. The third kappa shape index (κ3) is 5.53. The number of aromatic nitrogens is 2. The Balaban J connectivity index is 1.27. The van der Waals surface area contributed by atoms with E-state index in [1.807, 2.05) is 24.3 Å². The van der Waals surface area contributed by atoms with Gasteiger partial charge in [0.2, 0.25) is 5.91 Å². The largest absolute Gasteiger partial charge is 0.365 e. The van der Waals surface area contributed by atoms with Gasteiger partial charge in [0.05, 0.1) is 18.0 Å². The Hall–Kier alpha value is -3.67. The number of piperidine rings is 1. The van der Waals surface area contributed by atoms with Crippen LogP contribution in [0, 0.1) is 17.2 Å². The van der Waals surface area contributed by atoms with Gasteiger partial charge < -0.3 is 11.1 Å². The second-order valence-corrected chi connectivity index (χ2v) is 10.4. The molecule has 3 aromatic rings. The van der Waals surface area contributed by atoms with Crippen LogP contribution in [0.15, 0.2) is 54.7 Å². The number of likely N-dealkylation sites (tertiary alicyclic amines) is 1. The predicted molar refractivity (Wildman–Crippen MR) is 142 cm³/mol. The minimum absolute atomic E-state index is 0.0262. The van der Waals surface area contributed by atoms with Crippen molar-refractivity contribution in [1.82, 2.24) is 14.7 Å². The Morgan fingerprint density at radius 2 is 1.86 bits per heavy atom. The van der Waals surface area contributed by atoms with Gasteiger partial charge in [0, 0.05) is 36.8 Å². The van der Waals surface area contributed by atoms with Crippen LogP contribution in [-0.4, -0.2) is 39.6 Å². The van der Waals surface area contributed by atoms with E-state index in [9.17, 15) is 14.9 Å². The normalized spacial score (nSPS) is 17.2. The van der Waals surface area contributed by atoms with Crippen LogP contribution in [-0.2, 0) is 16.9 Å². The summed E-state index contributed by atoms with van der Waals surface area (Å²) in [5.41, 5.74) is 8.60. The van der Waals surface area contributed by atoms with Gasteiger partial charge >= 0.3 is 0 Å². The van der Waals surface area contributed by atoms with Crippen LogP contribution in [0.3, 0.4) is 0 Å². The topological polar surface area (TPSA) is 117 Å². The molecule has 0 radical (unpaired) electrons. The number of primary amides is 1. The zero-order valence-corrected chi connectivity index (χ0v) is 21.2. The average Bonchev–Trinajstić information content (AvgIpc) is 3.66. The zero-order valence-electron chi connectivity index (χ0n) is 20.5. The minimum atomic E-state index is -0.650. The number of anilines is 1. The monoisotopic (exact) mass is 516 g/mol. The van der Waals surface area contributed by atoms with Crippen molar-refractivity contribution >= 4 is 29.2 Å². The van der Waals surface area contributed by atoms with Crippen molar-refractivity contribution in [3.63, 3.8) is 0 Å². The number of nitrogens with one attached hydrogen (secondary N) is 1. The Morgan fingerprint density at radius 3 is 2.49 bits per heavy atom. The van der Waals surface area contributed by atoms with Crippen molar-refractivity contribution in [3.05, 3.63) is 70.9 Å². The van der Waals surface area contributed by atoms with E-state index in [0.29, 0.717) is 17.9 Å². The Kier molecular flexibility index (Phi) is 7.00. The molecule has 2 fully saturated rings. The summed E-state index contributed by atoms with van der Waals surface area (Å²) in [7, 11) is 0. The Labute approximate surface area is 221 Å². The van der Waals surface area contributed by atoms with Gasteiger partial charge in [-0.05, 0) is 54.5 Å². The average molecular weight is 517 g/mol. The van der Waals surface area contributed by atoms with Gasteiger partial charge in [-0.1, -0.05) is 48.0 Å². The molecule has 2 aromatic carbocycles. The molecule has 0 spiro atoms. The molecule has 190 valence electrons. The van der Waals surface area contributed by atoms with Crippen molar-refractivity contribution in [2.45, 2.75) is 44.2 Å². The van der Waals surface area contributed by atoms with Gasteiger partial charge in [-0.15, -0.1) is 0 Å². The first-order valence-corrected chi connectivity index (χ1v) is 12.9. The van der Waals surface area contributed by atoms with E-state index in [1.165, 1.54) is 5.56 Å². The molecule has 0 bridgehead atoms. The number of hydrogen-bond donors (Lipinski definition) is 2. The first kappa shape index (κ1) is 25.0. The third-order valence-electron chi connectivity index (χ3n) is 7.37. The molecule has 8 nitrogen and oxygen atoms in total. The van der Waals surface area contributed by atoms with E-state index in [-0.39, 0.29) is 29.6 Å². The Bertz CT molecular complexity index is 1350. The van der Waals surface area contributed by atoms with Gasteiger partial charge in [0.15, 0.2) is 5.82 Å². The highest BCUT2D eigenvalue weighted by Gasteiger charge is 2.39. The maximum atomic E-state index is 12.3. The van der Waals surface area contributed by atoms with Crippen LogP contribution in [0.2, 0.25) is 5.02 Å². The third-order valence-corrected chi connectivity index (χ3v) is 7.60. The maximum Gasteiger partial charge on any atom is 0.254 e. The number of amides is 2. The summed E-state index contributed by atoms with van der Waals surface area (Å²) < 4.78 is 1.69. The first-order chi connectivity index (χ1) is 17.9. The molecule has 1 aromatic heterocycles. The highest BCUT2D eigenvalue weighted by Crippen LogP contribution is 2.36. The van der Waals surface area contributed by atoms with Crippen LogP contribution in [0.5, 0.6) is 0 Å². The number of nitriles is 1. The number of nitrogens with two attached hydrogens (primary N) is 1. The summed E-state index contributed by atoms with van der Waals surface area (Å²) in [6.07, 6.45) is 4.91. The van der Waals surface area contributed by atoms with Gasteiger partial charge in [-0.2, -0.15) is 10.4 Å². The van der Waals surface area contributed by atoms with Crippen LogP contribution in [0.25, 0.3) is 11.1 Å². The molecule has 5 rings (SSSR count). The summed E-state index contributed by atoms with van der Waals surface area (Å²) in [6.45, 7) is 2.34. The Morgan fingerprint density at radius 1 is 1.14 bits per heavy atom. The van der Waals surface area contributed by atoms with E-state index in [4.69, 9.17) is 17.3 Å². The van der Waals surface area contributed by atoms with Crippen molar-refractivity contribution < 1.29 is 9.59 Å². The number of benzene rings is 2. The molecule has 3 N–H and O–H groups in total. The lowest BCUT2D eigenvalue weighted by Crippen LogP contribution is -2.46. The van der Waals surface area contributed by atoms with Crippen LogP contribution >= 0.6 is 11.6 Å². The van der Waals surface area contributed by atoms with Gasteiger partial charge in [0.1, 0.15) is 5.56 Å². The molecular formula is C28H29ClN6O2. The number of halogens is 1. The molecule has 2 heterocycles. The molecule has 1 saturated carbocycles. The molecule has 9 heteroatoms. The highest BCUT2D eigenvalue weighted by molar-refractivity contribution is 6.30. The maximum absolute atomic E-state index is 12.3. The molecule has 1 aliphatic heterocycles. The van der Waals surface area contributed by atoms with Crippen molar-refractivity contribution in [2.75, 3.05) is 18.4 Å². The van der Waals surface area contributed by atoms with E-state index in [0.717, 1.165) is 43.6 Å². The number of rotatable bonds is 8. The molecule has 1 saturated heterocycles. The van der Waals surface area contributed by atoms with Crippen LogP contribution in [0.4, 0.5) is 5.82 Å². The number of carbonyl (C=O) groups excluding carboxylic acids is 2. The minimum Gasteiger partial charge on any atom is -0.365 e.